The van der Waals surface area contributed by atoms with E-state index < -0.39 is 0 Å². The standard InChI is InChI=1S/C19H20N4/c1-2-4-16-11-17(6-5-15(16)3-1)18-8-10-21-19(23-18)22-13-14-7-9-20-12-14/h1-6,8,10-11,14,20H,7,9,12-13H2,(H,21,22,23)/t14-/m1/s1. The number of hydrogen-bond acceptors (Lipinski definition) is 4. The Kier molecular flexibility index (Phi) is 3.90. The molecule has 2 heterocycles. The SMILES string of the molecule is c1ccc2cc(-c3ccnc(NC[C@@H]4CCNC4)n3)ccc2c1. The van der Waals surface area contributed by atoms with Crippen molar-refractivity contribution in [3.8, 4) is 11.3 Å². The van der Waals surface area contributed by atoms with E-state index in [1.165, 1.54) is 17.2 Å². The topological polar surface area (TPSA) is 49.8 Å². The summed E-state index contributed by atoms with van der Waals surface area (Å²) in [5.74, 6) is 1.38. The molecule has 3 aromatic rings. The molecule has 4 rings (SSSR count). The molecule has 2 aromatic carbocycles. The average molecular weight is 304 g/mol. The number of nitrogens with zero attached hydrogens (tertiary/aromatic N) is 2. The molecule has 23 heavy (non-hydrogen) atoms. The zero-order valence-corrected chi connectivity index (χ0v) is 13.0. The summed E-state index contributed by atoms with van der Waals surface area (Å²) >= 11 is 0. The van der Waals surface area contributed by atoms with Crippen molar-refractivity contribution in [1.29, 1.82) is 0 Å². The van der Waals surface area contributed by atoms with Crippen LogP contribution >= 0.6 is 0 Å². The normalized spacial score (nSPS) is 17.5. The third kappa shape index (κ3) is 3.17. The summed E-state index contributed by atoms with van der Waals surface area (Å²) in [6, 6.07) is 16.8. The second-order valence-corrected chi connectivity index (χ2v) is 6.07. The number of hydrogen-bond donors (Lipinski definition) is 2. The van der Waals surface area contributed by atoms with Gasteiger partial charge in [0.25, 0.3) is 0 Å². The number of aromatic nitrogens is 2. The maximum absolute atomic E-state index is 4.67. The van der Waals surface area contributed by atoms with Crippen molar-refractivity contribution in [2.45, 2.75) is 6.42 Å². The first-order valence-electron chi connectivity index (χ1n) is 8.15. The first kappa shape index (κ1) is 14.2. The van der Waals surface area contributed by atoms with Gasteiger partial charge >= 0.3 is 0 Å². The third-order valence-electron chi connectivity index (χ3n) is 4.41. The van der Waals surface area contributed by atoms with Crippen LogP contribution in [0.1, 0.15) is 6.42 Å². The van der Waals surface area contributed by atoms with Gasteiger partial charge in [-0.15, -0.1) is 0 Å². The number of nitrogens with one attached hydrogen (secondary N) is 2. The molecule has 0 bridgehead atoms. The van der Waals surface area contributed by atoms with Crippen molar-refractivity contribution in [3.63, 3.8) is 0 Å². The van der Waals surface area contributed by atoms with Crippen molar-refractivity contribution in [2.75, 3.05) is 25.0 Å². The number of anilines is 1. The molecule has 4 nitrogen and oxygen atoms in total. The Morgan fingerprint density at radius 2 is 2.00 bits per heavy atom. The molecule has 1 aromatic heterocycles. The Hall–Kier alpha value is -2.46. The first-order chi connectivity index (χ1) is 11.4. The lowest BCUT2D eigenvalue weighted by molar-refractivity contribution is 0.613. The predicted molar refractivity (Wildman–Crippen MR) is 94.4 cm³/mol. The third-order valence-corrected chi connectivity index (χ3v) is 4.41. The summed E-state index contributed by atoms with van der Waals surface area (Å²) in [6.45, 7) is 3.12. The van der Waals surface area contributed by atoms with E-state index in [9.17, 15) is 0 Å². The van der Waals surface area contributed by atoms with Crippen LogP contribution in [0.3, 0.4) is 0 Å². The van der Waals surface area contributed by atoms with Crippen molar-refractivity contribution in [1.82, 2.24) is 15.3 Å². The maximum atomic E-state index is 4.67. The highest BCUT2D eigenvalue weighted by molar-refractivity contribution is 5.86. The van der Waals surface area contributed by atoms with Crippen molar-refractivity contribution < 1.29 is 0 Å². The molecule has 4 heteroatoms. The highest BCUT2D eigenvalue weighted by Crippen LogP contribution is 2.23. The molecule has 1 fully saturated rings. The van der Waals surface area contributed by atoms with Crippen LogP contribution in [0.4, 0.5) is 5.95 Å². The van der Waals surface area contributed by atoms with E-state index in [-0.39, 0.29) is 0 Å². The van der Waals surface area contributed by atoms with Crippen molar-refractivity contribution in [2.24, 2.45) is 5.92 Å². The maximum Gasteiger partial charge on any atom is 0.223 e. The molecular weight excluding hydrogens is 284 g/mol. The Morgan fingerprint density at radius 1 is 1.09 bits per heavy atom. The van der Waals surface area contributed by atoms with Crippen LogP contribution in [-0.4, -0.2) is 29.6 Å². The Bertz CT molecular complexity index is 809. The van der Waals surface area contributed by atoms with Gasteiger partial charge in [-0.3, -0.25) is 0 Å². The van der Waals surface area contributed by atoms with Crippen LogP contribution < -0.4 is 10.6 Å². The zero-order valence-electron chi connectivity index (χ0n) is 13.0. The fourth-order valence-corrected chi connectivity index (χ4v) is 3.08. The fraction of sp³-hybridized carbons (Fsp3) is 0.263. The van der Waals surface area contributed by atoms with Crippen LogP contribution in [0.2, 0.25) is 0 Å². The van der Waals surface area contributed by atoms with Gasteiger partial charge in [-0.25, -0.2) is 9.97 Å². The summed E-state index contributed by atoms with van der Waals surface area (Å²) in [7, 11) is 0. The second kappa shape index (κ2) is 6.34. The van der Waals surface area contributed by atoms with E-state index in [4.69, 9.17) is 0 Å². The van der Waals surface area contributed by atoms with E-state index >= 15 is 0 Å². The van der Waals surface area contributed by atoms with Gasteiger partial charge in [-0.1, -0.05) is 36.4 Å². The highest BCUT2D eigenvalue weighted by Gasteiger charge is 2.14. The summed E-state index contributed by atoms with van der Waals surface area (Å²) in [5.41, 5.74) is 2.08. The molecule has 0 saturated carbocycles. The lowest BCUT2D eigenvalue weighted by atomic mass is 10.1. The molecule has 116 valence electrons. The summed E-state index contributed by atoms with van der Waals surface area (Å²) in [5, 5.41) is 9.23. The average Bonchev–Trinajstić information content (AvgIpc) is 3.13. The number of fused-ring (bicyclic) bond motifs is 1. The van der Waals surface area contributed by atoms with Crippen LogP contribution in [-0.2, 0) is 0 Å². The van der Waals surface area contributed by atoms with Crippen LogP contribution in [0.25, 0.3) is 22.0 Å². The van der Waals surface area contributed by atoms with Crippen LogP contribution in [0.5, 0.6) is 0 Å². The van der Waals surface area contributed by atoms with Gasteiger partial charge in [-0.05, 0) is 48.3 Å². The van der Waals surface area contributed by atoms with E-state index in [1.807, 2.05) is 12.3 Å². The fourth-order valence-electron chi connectivity index (χ4n) is 3.08. The monoisotopic (exact) mass is 304 g/mol. The molecule has 0 amide bonds. The molecule has 0 unspecified atom stereocenters. The van der Waals surface area contributed by atoms with E-state index in [0.717, 1.165) is 30.9 Å². The van der Waals surface area contributed by atoms with Gasteiger partial charge in [0.2, 0.25) is 5.95 Å². The molecule has 1 saturated heterocycles. The van der Waals surface area contributed by atoms with E-state index in [1.54, 1.807) is 0 Å². The molecular formula is C19H20N4. The molecule has 2 N–H and O–H groups in total. The number of benzene rings is 2. The van der Waals surface area contributed by atoms with Gasteiger partial charge < -0.3 is 10.6 Å². The second-order valence-electron chi connectivity index (χ2n) is 6.07. The van der Waals surface area contributed by atoms with Gasteiger partial charge in [0, 0.05) is 18.3 Å². The first-order valence-corrected chi connectivity index (χ1v) is 8.15. The lowest BCUT2D eigenvalue weighted by Gasteiger charge is -2.10. The quantitative estimate of drug-likeness (QED) is 0.776. The Labute approximate surface area is 136 Å². The van der Waals surface area contributed by atoms with E-state index in [0.29, 0.717) is 11.9 Å². The van der Waals surface area contributed by atoms with Gasteiger partial charge in [0.05, 0.1) is 5.69 Å². The Morgan fingerprint density at radius 3 is 2.87 bits per heavy atom. The van der Waals surface area contributed by atoms with Crippen LogP contribution in [0.15, 0.2) is 54.7 Å². The Balaban J connectivity index is 1.56. The van der Waals surface area contributed by atoms with Gasteiger partial charge in [0.15, 0.2) is 0 Å². The van der Waals surface area contributed by atoms with Crippen molar-refractivity contribution in [3.05, 3.63) is 54.7 Å². The number of rotatable bonds is 4. The molecule has 1 aliphatic rings. The minimum Gasteiger partial charge on any atom is -0.354 e. The molecule has 1 atom stereocenters. The lowest BCUT2D eigenvalue weighted by Crippen LogP contribution is -2.18. The zero-order chi connectivity index (χ0) is 15.5. The summed E-state index contributed by atoms with van der Waals surface area (Å²) < 4.78 is 0. The van der Waals surface area contributed by atoms with Gasteiger partial charge in [0.1, 0.15) is 0 Å². The molecule has 0 radical (unpaired) electrons. The highest BCUT2D eigenvalue weighted by atomic mass is 15.1. The molecule has 0 spiro atoms. The smallest absolute Gasteiger partial charge is 0.223 e. The minimum absolute atomic E-state index is 0.669. The predicted octanol–water partition coefficient (Wildman–Crippen LogP) is 3.32. The molecule has 0 aliphatic carbocycles. The van der Waals surface area contributed by atoms with Crippen LogP contribution in [0, 0.1) is 5.92 Å². The summed E-state index contributed by atoms with van der Waals surface area (Å²) in [4.78, 5) is 9.01. The van der Waals surface area contributed by atoms with E-state index in [2.05, 4.69) is 63.1 Å². The largest absolute Gasteiger partial charge is 0.354 e. The minimum atomic E-state index is 0.669. The van der Waals surface area contributed by atoms with Gasteiger partial charge in [-0.2, -0.15) is 0 Å². The summed E-state index contributed by atoms with van der Waals surface area (Å²) in [6.07, 6.45) is 3.05. The van der Waals surface area contributed by atoms with Crippen molar-refractivity contribution >= 4 is 16.7 Å². The molecule has 1 aliphatic heterocycles.